The smallest absolute Gasteiger partial charge is 0.246 e. The SMILES string of the molecule is CNCC(=S)N[C@H]1CCS[C@H]2CC(C)(C)[C@@H](C(=O)N[C@H]3c4ccccc4C[C@H]3OCCCCO[C@@H]3Cc4ccccc4[C@@H]3NC(=O)[C@H]3N4C(=O)[C@@H](NC(=S)C(C)(C)NC)CCS[C@H]4CC3(C)C)N2C1=O. The molecule has 0 unspecified atom stereocenters. The third kappa shape index (κ3) is 11.1. The summed E-state index contributed by atoms with van der Waals surface area (Å²) >= 11 is 14.8. The van der Waals surface area contributed by atoms with Crippen LogP contribution in [0.2, 0.25) is 0 Å². The number of unbranched alkanes of at least 4 members (excludes halogenated alkanes) is 1. The van der Waals surface area contributed by atoms with Gasteiger partial charge in [-0.1, -0.05) is 101 Å². The van der Waals surface area contributed by atoms with Crippen molar-refractivity contribution in [1.82, 2.24) is 41.7 Å². The number of nitrogens with zero attached hydrogens (tertiary/aromatic N) is 2. The summed E-state index contributed by atoms with van der Waals surface area (Å²) < 4.78 is 13.3. The highest BCUT2D eigenvalue weighted by Crippen LogP contribution is 2.48. The molecule has 0 radical (unpaired) electrons. The number of hydrogen-bond donors (Lipinski definition) is 6. The molecule has 10 atom stereocenters. The average Bonchev–Trinajstić information content (AvgIpc) is 3.96. The molecular weight excluding hydrogens is 961 g/mol. The Morgan fingerprint density at radius 1 is 0.700 bits per heavy atom. The predicted octanol–water partition coefficient (Wildman–Crippen LogP) is 5.33. The van der Waals surface area contributed by atoms with Crippen molar-refractivity contribution in [3.63, 3.8) is 0 Å². The van der Waals surface area contributed by atoms with E-state index in [1.165, 1.54) is 0 Å². The number of fused-ring (bicyclic) bond motifs is 4. The largest absolute Gasteiger partial charge is 0.375 e. The number of benzene rings is 2. The standard InChI is InChI=1S/C52H74N8O6S4/c1-50(2)27-39-59(47(63)34(19-23-69-39)55-38(67)29-53-7)43(50)45(61)57-41-32-17-11-9-15-30(32)25-36(41)65-21-13-14-22-66-37-26-31-16-10-12-18-33(31)42(37)58-46(62)44-51(3,4)28-40-60(44)48(64)35(20-24-70-40)56-49(68)52(5,6)54-8/h9-12,15-18,34-37,39-44,53-54H,13-14,19-29H2,1-8H3,(H,55,67)(H,56,68)(H,57,61)(H,58,62)/t34-,35-,36+,37+,39-,40-,41-,42-,43+,44+/m0/s1. The number of carbonyl (C=O) groups excluding carboxylic acids is 4. The lowest BCUT2D eigenvalue weighted by atomic mass is 9.83. The van der Waals surface area contributed by atoms with Gasteiger partial charge in [-0.3, -0.25) is 19.2 Å². The molecule has 4 fully saturated rings. The zero-order chi connectivity index (χ0) is 50.1. The molecule has 4 amide bonds. The minimum absolute atomic E-state index is 0.0759. The van der Waals surface area contributed by atoms with Gasteiger partial charge in [0.25, 0.3) is 0 Å². The maximum absolute atomic E-state index is 14.7. The topological polar surface area (TPSA) is 165 Å². The van der Waals surface area contributed by atoms with E-state index in [2.05, 4.69) is 83.9 Å². The average molecular weight is 1040 g/mol. The lowest BCUT2D eigenvalue weighted by molar-refractivity contribution is -0.143. The number of ether oxygens (including phenoxy) is 2. The van der Waals surface area contributed by atoms with E-state index in [0.717, 1.165) is 53.0 Å². The lowest BCUT2D eigenvalue weighted by Crippen LogP contribution is -2.59. The Balaban J connectivity index is 0.883. The molecule has 6 N–H and O–H groups in total. The Morgan fingerprint density at radius 3 is 1.59 bits per heavy atom. The molecular formula is C52H74N8O6S4. The van der Waals surface area contributed by atoms with Gasteiger partial charge in [-0.2, -0.15) is 0 Å². The first-order valence-electron chi connectivity index (χ1n) is 25.2. The second-order valence-electron chi connectivity index (χ2n) is 21.8. The Morgan fingerprint density at radius 2 is 1.14 bits per heavy atom. The zero-order valence-corrected chi connectivity index (χ0v) is 45.3. The lowest BCUT2D eigenvalue weighted by Gasteiger charge is -2.36. The van der Waals surface area contributed by atoms with Crippen molar-refractivity contribution < 1.29 is 28.7 Å². The number of carbonyl (C=O) groups is 4. The first kappa shape index (κ1) is 52.9. The quantitative estimate of drug-likeness (QED) is 0.0890. The van der Waals surface area contributed by atoms with E-state index in [9.17, 15) is 19.2 Å². The zero-order valence-electron chi connectivity index (χ0n) is 42.1. The molecule has 14 nitrogen and oxygen atoms in total. The number of rotatable bonds is 17. The molecule has 70 heavy (non-hydrogen) atoms. The first-order valence-corrected chi connectivity index (χ1v) is 28.1. The highest BCUT2D eigenvalue weighted by Gasteiger charge is 2.57. The summed E-state index contributed by atoms with van der Waals surface area (Å²) in [5.41, 5.74) is 2.99. The van der Waals surface area contributed by atoms with Gasteiger partial charge in [0.1, 0.15) is 24.2 Å². The summed E-state index contributed by atoms with van der Waals surface area (Å²) in [6, 6.07) is 13.3. The van der Waals surface area contributed by atoms with Gasteiger partial charge in [-0.25, -0.2) is 0 Å². The van der Waals surface area contributed by atoms with Gasteiger partial charge in [0.15, 0.2) is 0 Å². The normalized spacial score (nSPS) is 29.8. The van der Waals surface area contributed by atoms with E-state index < -0.39 is 40.5 Å². The summed E-state index contributed by atoms with van der Waals surface area (Å²) in [7, 11) is 3.68. The monoisotopic (exact) mass is 1030 g/mol. The maximum atomic E-state index is 14.7. The van der Waals surface area contributed by atoms with Crippen LogP contribution in [0.3, 0.4) is 0 Å². The number of amides is 4. The van der Waals surface area contributed by atoms with Crippen LogP contribution in [0, 0.1) is 10.8 Å². The van der Waals surface area contributed by atoms with Crippen molar-refractivity contribution in [1.29, 1.82) is 0 Å². The van der Waals surface area contributed by atoms with Crippen molar-refractivity contribution in [3.05, 3.63) is 70.8 Å². The van der Waals surface area contributed by atoms with Gasteiger partial charge < -0.3 is 51.2 Å². The first-order chi connectivity index (χ1) is 33.3. The summed E-state index contributed by atoms with van der Waals surface area (Å²) in [6.45, 7) is 13.8. The number of thioether (sulfide) groups is 2. The van der Waals surface area contributed by atoms with Crippen molar-refractivity contribution in [2.75, 3.05) is 45.4 Å². The molecule has 2 aromatic carbocycles. The molecule has 2 aromatic rings. The fourth-order valence-electron chi connectivity index (χ4n) is 11.5. The van der Waals surface area contributed by atoms with Crippen LogP contribution in [0.15, 0.2) is 48.5 Å². The van der Waals surface area contributed by atoms with Gasteiger partial charge in [0, 0.05) is 32.6 Å². The van der Waals surface area contributed by atoms with E-state index in [0.29, 0.717) is 61.8 Å². The molecule has 4 heterocycles. The Labute approximate surface area is 434 Å². The van der Waals surface area contributed by atoms with E-state index in [4.69, 9.17) is 33.9 Å². The molecule has 4 aliphatic heterocycles. The number of likely N-dealkylation sites (N-methyl/N-ethyl adjacent to an activating group) is 2. The summed E-state index contributed by atoms with van der Waals surface area (Å²) in [4.78, 5) is 62.8. The van der Waals surface area contributed by atoms with Gasteiger partial charge in [-0.15, -0.1) is 23.5 Å². The van der Waals surface area contributed by atoms with E-state index in [1.807, 2.05) is 62.0 Å². The Bertz CT molecular complexity index is 2300. The van der Waals surface area contributed by atoms with Gasteiger partial charge in [-0.05, 0) is 111 Å². The molecule has 8 rings (SSSR count). The molecule has 18 heteroatoms. The van der Waals surface area contributed by atoms with Crippen LogP contribution in [-0.4, -0.2) is 141 Å². The Hall–Kier alpha value is -3.36. The van der Waals surface area contributed by atoms with Crippen LogP contribution >= 0.6 is 48.0 Å². The number of hydrogen-bond acceptors (Lipinski definition) is 12. The maximum Gasteiger partial charge on any atom is 0.246 e. The summed E-state index contributed by atoms with van der Waals surface area (Å²) in [5.74, 6) is 1.10. The fourth-order valence-corrected chi connectivity index (χ4v) is 15.2. The minimum atomic E-state index is -0.661. The van der Waals surface area contributed by atoms with Crippen LogP contribution in [0.25, 0.3) is 0 Å². The second-order valence-corrected chi connectivity index (χ2v) is 25.2. The third-order valence-electron chi connectivity index (χ3n) is 15.4. The van der Waals surface area contributed by atoms with E-state index in [1.54, 1.807) is 23.5 Å². The van der Waals surface area contributed by atoms with Gasteiger partial charge in [0.2, 0.25) is 23.6 Å². The number of thiocarbonyl (C=S) groups is 2. The fraction of sp³-hybridized carbons (Fsp3) is 0.654. The molecule has 4 saturated heterocycles. The van der Waals surface area contributed by atoms with Crippen LogP contribution in [0.1, 0.15) is 114 Å². The van der Waals surface area contributed by atoms with Crippen LogP contribution in [-0.2, 0) is 41.5 Å². The number of nitrogens with one attached hydrogen (secondary N) is 6. The highest BCUT2D eigenvalue weighted by atomic mass is 32.2. The summed E-state index contributed by atoms with van der Waals surface area (Å²) in [6.07, 6.45) is 4.97. The molecule has 0 bridgehead atoms. The van der Waals surface area contributed by atoms with Crippen molar-refractivity contribution in [2.45, 2.75) is 158 Å². The van der Waals surface area contributed by atoms with Crippen molar-refractivity contribution >= 4 is 81.6 Å². The third-order valence-corrected chi connectivity index (χ3v) is 18.8. The minimum Gasteiger partial charge on any atom is -0.375 e. The molecule has 382 valence electrons. The van der Waals surface area contributed by atoms with Crippen LogP contribution < -0.4 is 31.9 Å². The molecule has 0 saturated carbocycles. The van der Waals surface area contributed by atoms with Crippen LogP contribution in [0.5, 0.6) is 0 Å². The second kappa shape index (κ2) is 22.0. The van der Waals surface area contributed by atoms with E-state index >= 15 is 0 Å². The summed E-state index contributed by atoms with van der Waals surface area (Å²) in [5, 5.41) is 19.5. The highest BCUT2D eigenvalue weighted by molar-refractivity contribution is 8.00. The molecule has 6 aliphatic rings. The molecule has 2 aliphatic carbocycles. The van der Waals surface area contributed by atoms with Crippen molar-refractivity contribution in [3.8, 4) is 0 Å². The Kier molecular flexibility index (Phi) is 16.6. The molecule has 0 spiro atoms. The molecule has 0 aromatic heterocycles. The van der Waals surface area contributed by atoms with Gasteiger partial charge in [0.05, 0.1) is 50.6 Å². The van der Waals surface area contributed by atoms with Crippen molar-refractivity contribution in [2.24, 2.45) is 10.8 Å². The van der Waals surface area contributed by atoms with E-state index in [-0.39, 0.29) is 58.7 Å². The van der Waals surface area contributed by atoms with Gasteiger partial charge >= 0.3 is 0 Å². The van der Waals surface area contributed by atoms with Crippen LogP contribution in [0.4, 0.5) is 0 Å². The predicted molar refractivity (Wildman–Crippen MR) is 287 cm³/mol.